The summed E-state index contributed by atoms with van der Waals surface area (Å²) in [6.45, 7) is 6.07. The van der Waals surface area contributed by atoms with Crippen LogP contribution in [0.2, 0.25) is 0 Å². The molecule has 8 nitrogen and oxygen atoms in total. The second kappa shape index (κ2) is 10.5. The highest BCUT2D eigenvalue weighted by Crippen LogP contribution is 2.42. The van der Waals surface area contributed by atoms with Crippen LogP contribution in [0.15, 0.2) is 16.6 Å². The number of carbonyl (C=O) groups excluding carboxylic acids is 1. The van der Waals surface area contributed by atoms with Crippen LogP contribution in [0, 0.1) is 6.92 Å². The molecule has 0 saturated carbocycles. The fourth-order valence-corrected chi connectivity index (χ4v) is 2.90. The minimum Gasteiger partial charge on any atom is -0.504 e. The van der Waals surface area contributed by atoms with Crippen LogP contribution >= 0.6 is 0 Å². The zero-order chi connectivity index (χ0) is 21.4. The van der Waals surface area contributed by atoms with E-state index in [1.54, 1.807) is 25.1 Å². The molecule has 0 fully saturated rings. The van der Waals surface area contributed by atoms with Crippen molar-refractivity contribution in [3.8, 4) is 11.5 Å². The molecule has 0 amide bonds. The molecule has 2 rings (SSSR count). The van der Waals surface area contributed by atoms with E-state index in [2.05, 4.69) is 5.32 Å². The van der Waals surface area contributed by atoms with Crippen molar-refractivity contribution in [1.82, 2.24) is 5.32 Å². The van der Waals surface area contributed by atoms with Crippen molar-refractivity contribution < 1.29 is 33.7 Å². The molecule has 0 saturated heterocycles. The molecule has 29 heavy (non-hydrogen) atoms. The molecule has 3 N–H and O–H groups in total. The van der Waals surface area contributed by atoms with Crippen molar-refractivity contribution in [1.29, 1.82) is 0 Å². The monoisotopic (exact) mass is 405 g/mol. The molecule has 1 aromatic carbocycles. The molecule has 0 aliphatic rings. The summed E-state index contributed by atoms with van der Waals surface area (Å²) in [7, 11) is 0. The Kier molecular flexibility index (Phi) is 8.09. The largest absolute Gasteiger partial charge is 0.513 e. The first-order chi connectivity index (χ1) is 13.9. The highest BCUT2D eigenvalue weighted by molar-refractivity contribution is 5.96. The number of carboxylic acids is 1. The van der Waals surface area contributed by atoms with Crippen molar-refractivity contribution >= 4 is 29.2 Å². The molecule has 1 heterocycles. The van der Waals surface area contributed by atoms with Gasteiger partial charge in [0.2, 0.25) is 0 Å². The fraction of sp³-hybridized carbons (Fsp3) is 0.429. The first kappa shape index (κ1) is 22.3. The molecule has 0 atom stereocenters. The van der Waals surface area contributed by atoms with E-state index in [1.807, 2.05) is 13.8 Å². The summed E-state index contributed by atoms with van der Waals surface area (Å²) in [6.07, 6.45) is 4.52. The number of furan rings is 1. The molecule has 1 aromatic heterocycles. The number of carbonyl (C=O) groups is 2. The van der Waals surface area contributed by atoms with Gasteiger partial charge in [-0.15, -0.1) is 0 Å². The summed E-state index contributed by atoms with van der Waals surface area (Å²) < 4.78 is 16.3. The Labute approximate surface area is 169 Å². The lowest BCUT2D eigenvalue weighted by Crippen LogP contribution is -2.23. The zero-order valence-electron chi connectivity index (χ0n) is 16.9. The fourth-order valence-electron chi connectivity index (χ4n) is 2.90. The molecule has 2 aromatic rings. The van der Waals surface area contributed by atoms with E-state index in [1.165, 1.54) is 0 Å². The van der Waals surface area contributed by atoms with E-state index in [9.17, 15) is 14.7 Å². The highest BCUT2D eigenvalue weighted by atomic mass is 16.7. The predicted molar refractivity (Wildman–Crippen MR) is 108 cm³/mol. The average Bonchev–Trinajstić information content (AvgIpc) is 3.12. The molecule has 158 valence electrons. The van der Waals surface area contributed by atoms with Gasteiger partial charge >= 0.3 is 12.1 Å². The van der Waals surface area contributed by atoms with Crippen molar-refractivity contribution in [2.45, 2.75) is 40.0 Å². The first-order valence-electron chi connectivity index (χ1n) is 9.56. The maximum atomic E-state index is 12.2. The van der Waals surface area contributed by atoms with Gasteiger partial charge in [0.25, 0.3) is 0 Å². The lowest BCUT2D eigenvalue weighted by Gasteiger charge is -2.13. The van der Waals surface area contributed by atoms with Gasteiger partial charge in [-0.2, -0.15) is 0 Å². The normalized spacial score (nSPS) is 11.3. The number of aliphatic carboxylic acids is 1. The van der Waals surface area contributed by atoms with Crippen molar-refractivity contribution in [3.63, 3.8) is 0 Å². The highest BCUT2D eigenvalue weighted by Gasteiger charge is 2.22. The molecule has 0 radical (unpaired) electrons. The lowest BCUT2D eigenvalue weighted by atomic mass is 10.0. The van der Waals surface area contributed by atoms with Gasteiger partial charge < -0.3 is 29.4 Å². The molecular weight excluding hydrogens is 378 g/mol. The Balaban J connectivity index is 2.07. The quantitative estimate of drug-likeness (QED) is 0.308. The van der Waals surface area contributed by atoms with E-state index >= 15 is 0 Å². The summed E-state index contributed by atoms with van der Waals surface area (Å²) in [5, 5.41) is 22.4. The number of ether oxygens (including phenoxy) is 2. The van der Waals surface area contributed by atoms with Gasteiger partial charge in [0.05, 0.1) is 18.5 Å². The minimum absolute atomic E-state index is 0.00452. The van der Waals surface area contributed by atoms with Crippen molar-refractivity contribution in [3.05, 3.63) is 29.0 Å². The van der Waals surface area contributed by atoms with E-state index in [0.29, 0.717) is 53.8 Å². The average molecular weight is 405 g/mol. The number of allylic oxidation sites excluding steroid dienone is 1. The SMILES string of the molecule is C/C=C\c1c(C)c(OC(=O)OCCCCNCC(=O)O)c2cc(CC)oc2c1O. The number of unbranched alkanes of at least 4 members (excludes halogenated alkanes) is 1. The number of fused-ring (bicyclic) bond motifs is 1. The molecule has 8 heteroatoms. The molecule has 0 unspecified atom stereocenters. The molecule has 0 bridgehead atoms. The summed E-state index contributed by atoms with van der Waals surface area (Å²) in [5.41, 5.74) is 1.39. The molecule has 0 aliphatic heterocycles. The summed E-state index contributed by atoms with van der Waals surface area (Å²) in [6, 6.07) is 1.75. The zero-order valence-corrected chi connectivity index (χ0v) is 16.9. The lowest BCUT2D eigenvalue weighted by molar-refractivity contribution is -0.135. The first-order valence-corrected chi connectivity index (χ1v) is 9.56. The third-order valence-electron chi connectivity index (χ3n) is 4.35. The number of rotatable bonds is 10. The minimum atomic E-state index is -0.914. The summed E-state index contributed by atoms with van der Waals surface area (Å²) in [4.78, 5) is 22.6. The topological polar surface area (TPSA) is 118 Å². The van der Waals surface area contributed by atoms with Crippen LogP contribution in [0.25, 0.3) is 17.0 Å². The second-order valence-electron chi connectivity index (χ2n) is 6.50. The number of benzene rings is 1. The number of phenolic OH excluding ortho intramolecular Hbond substituents is 1. The number of nitrogens with one attached hydrogen (secondary N) is 1. The third kappa shape index (κ3) is 5.74. The predicted octanol–water partition coefficient (Wildman–Crippen LogP) is 4.01. The standard InChI is InChI=1S/C21H27NO7/c1-4-8-15-13(3)19(16-11-14(5-2)28-20(16)18(15)25)29-21(26)27-10-7-6-9-22-12-17(23)24/h4,8,11,22,25H,5-7,9-10,12H2,1-3H3,(H,23,24)/b8-4-. The second-order valence-corrected chi connectivity index (χ2v) is 6.50. The Bertz CT molecular complexity index is 898. The van der Waals surface area contributed by atoms with E-state index < -0.39 is 12.1 Å². The van der Waals surface area contributed by atoms with Crippen LogP contribution in [0.5, 0.6) is 11.5 Å². The number of phenols is 1. The van der Waals surface area contributed by atoms with E-state index in [-0.39, 0.29) is 24.5 Å². The van der Waals surface area contributed by atoms with Gasteiger partial charge in [-0.3, -0.25) is 4.79 Å². The Morgan fingerprint density at radius 1 is 1.31 bits per heavy atom. The maximum absolute atomic E-state index is 12.2. The van der Waals surface area contributed by atoms with Crippen LogP contribution in [0.3, 0.4) is 0 Å². The van der Waals surface area contributed by atoms with E-state index in [0.717, 1.165) is 0 Å². The van der Waals surface area contributed by atoms with Crippen LogP contribution < -0.4 is 10.1 Å². The Morgan fingerprint density at radius 3 is 2.72 bits per heavy atom. The number of aromatic hydroxyl groups is 1. The number of hydrogen-bond donors (Lipinski definition) is 3. The number of aryl methyl sites for hydroxylation is 1. The van der Waals surface area contributed by atoms with Crippen molar-refractivity contribution in [2.75, 3.05) is 19.7 Å². The number of hydrogen-bond acceptors (Lipinski definition) is 7. The smallest absolute Gasteiger partial charge is 0.504 e. The molecule has 0 aliphatic carbocycles. The Morgan fingerprint density at radius 2 is 2.07 bits per heavy atom. The molecule has 0 spiro atoms. The molecular formula is C21H27NO7. The third-order valence-corrected chi connectivity index (χ3v) is 4.35. The van der Waals surface area contributed by atoms with Crippen molar-refractivity contribution in [2.24, 2.45) is 0 Å². The van der Waals surface area contributed by atoms with Gasteiger partial charge in [0.15, 0.2) is 11.3 Å². The summed E-state index contributed by atoms with van der Waals surface area (Å²) >= 11 is 0. The van der Waals surface area contributed by atoms with E-state index in [4.69, 9.17) is 19.0 Å². The van der Waals surface area contributed by atoms with Gasteiger partial charge in [0.1, 0.15) is 11.5 Å². The Hall–Kier alpha value is -3.00. The number of carboxylic acid groups (broad SMARTS) is 1. The summed E-state index contributed by atoms with van der Waals surface area (Å²) in [5.74, 6) is 0.0509. The van der Waals surface area contributed by atoms with Gasteiger partial charge in [0, 0.05) is 17.5 Å². The van der Waals surface area contributed by atoms with Gasteiger partial charge in [-0.1, -0.05) is 19.1 Å². The van der Waals surface area contributed by atoms with Gasteiger partial charge in [-0.05, 0) is 39.3 Å². The van der Waals surface area contributed by atoms with Crippen LogP contribution in [0.1, 0.15) is 43.6 Å². The van der Waals surface area contributed by atoms with Gasteiger partial charge in [-0.25, -0.2) is 4.79 Å². The maximum Gasteiger partial charge on any atom is 0.513 e. The van der Waals surface area contributed by atoms with Crippen LogP contribution in [-0.4, -0.2) is 42.0 Å². The van der Waals surface area contributed by atoms with Crippen LogP contribution in [-0.2, 0) is 16.0 Å². The van der Waals surface area contributed by atoms with Crippen LogP contribution in [0.4, 0.5) is 4.79 Å².